The second-order valence-corrected chi connectivity index (χ2v) is 3.99. The van der Waals surface area contributed by atoms with Crippen LogP contribution in [0, 0.1) is 0 Å². The Kier molecular flexibility index (Phi) is 7.71. The van der Waals surface area contributed by atoms with Gasteiger partial charge in [-0.2, -0.15) is 0 Å². The number of carboxylic acid groups (broad SMARTS) is 1. The van der Waals surface area contributed by atoms with E-state index in [0.29, 0.717) is 0 Å². The summed E-state index contributed by atoms with van der Waals surface area (Å²) in [7, 11) is 0. The minimum atomic E-state index is -1.30. The average Bonchev–Trinajstić information content (AvgIpc) is 2.33. The lowest BCUT2D eigenvalue weighted by atomic mass is 10.1. The van der Waals surface area contributed by atoms with Gasteiger partial charge in [0.25, 0.3) is 0 Å². The third kappa shape index (κ3) is 7.19. The third-order valence-electron chi connectivity index (χ3n) is 2.27. The van der Waals surface area contributed by atoms with Crippen molar-refractivity contribution in [3.8, 4) is 0 Å². The normalized spacial score (nSPS) is 12.9. The topological polar surface area (TPSA) is 148 Å². The van der Waals surface area contributed by atoms with Crippen LogP contribution < -0.4 is 16.4 Å². The molecule has 9 nitrogen and oxygen atoms in total. The van der Waals surface area contributed by atoms with Crippen molar-refractivity contribution in [2.75, 3.05) is 6.61 Å². The first-order valence-corrected chi connectivity index (χ1v) is 6.02. The average molecular weight is 289 g/mol. The lowest BCUT2D eigenvalue weighted by molar-refractivity contribution is -0.144. The Morgan fingerprint density at radius 1 is 1.25 bits per heavy atom. The molecule has 0 aliphatic heterocycles. The summed E-state index contributed by atoms with van der Waals surface area (Å²) in [6.45, 7) is 3.19. The zero-order chi connectivity index (χ0) is 15.7. The number of nitrogens with one attached hydrogen (secondary N) is 2. The number of carbonyl (C=O) groups excluding carboxylic acids is 3. The second kappa shape index (κ2) is 8.73. The van der Waals surface area contributed by atoms with Gasteiger partial charge >= 0.3 is 18.0 Å². The molecule has 0 aromatic rings. The van der Waals surface area contributed by atoms with Gasteiger partial charge in [0.2, 0.25) is 5.91 Å². The summed E-state index contributed by atoms with van der Waals surface area (Å²) in [6, 6.07) is -3.03. The second-order valence-electron chi connectivity index (χ2n) is 3.99. The van der Waals surface area contributed by atoms with Gasteiger partial charge in [0.15, 0.2) is 0 Å². The summed E-state index contributed by atoms with van der Waals surface area (Å²) >= 11 is 0. The maximum atomic E-state index is 11.5. The molecule has 9 heteroatoms. The quantitative estimate of drug-likeness (QED) is 0.419. The highest BCUT2D eigenvalue weighted by atomic mass is 16.5. The highest BCUT2D eigenvalue weighted by Crippen LogP contribution is 1.98. The molecule has 0 saturated carbocycles. The fraction of sp³-hybridized carbons (Fsp3) is 0.636. The molecule has 0 bridgehead atoms. The summed E-state index contributed by atoms with van der Waals surface area (Å²) in [4.78, 5) is 44.3. The Morgan fingerprint density at radius 2 is 1.85 bits per heavy atom. The molecule has 0 spiro atoms. The Bertz CT molecular complexity index is 384. The van der Waals surface area contributed by atoms with Gasteiger partial charge in [0.1, 0.15) is 12.1 Å². The largest absolute Gasteiger partial charge is 0.480 e. The van der Waals surface area contributed by atoms with Crippen molar-refractivity contribution >= 4 is 23.9 Å². The van der Waals surface area contributed by atoms with E-state index in [9.17, 15) is 19.2 Å². The number of hydrogen-bond donors (Lipinski definition) is 4. The first-order chi connectivity index (χ1) is 9.27. The van der Waals surface area contributed by atoms with Crippen LogP contribution in [0.5, 0.6) is 0 Å². The van der Waals surface area contributed by atoms with Gasteiger partial charge in [-0.3, -0.25) is 4.79 Å². The van der Waals surface area contributed by atoms with E-state index in [2.05, 4.69) is 15.4 Å². The number of urea groups is 1. The molecule has 20 heavy (non-hydrogen) atoms. The van der Waals surface area contributed by atoms with E-state index in [-0.39, 0.29) is 19.4 Å². The van der Waals surface area contributed by atoms with Gasteiger partial charge in [-0.25, -0.2) is 14.4 Å². The molecule has 0 heterocycles. The molecule has 0 rings (SSSR count). The van der Waals surface area contributed by atoms with Crippen LogP contribution >= 0.6 is 0 Å². The highest BCUT2D eigenvalue weighted by Gasteiger charge is 2.23. The van der Waals surface area contributed by atoms with E-state index in [1.165, 1.54) is 6.92 Å². The zero-order valence-electron chi connectivity index (χ0n) is 11.3. The predicted molar refractivity (Wildman–Crippen MR) is 67.6 cm³/mol. The predicted octanol–water partition coefficient (Wildman–Crippen LogP) is -1.04. The van der Waals surface area contributed by atoms with Crippen molar-refractivity contribution < 1.29 is 29.0 Å². The molecule has 2 atom stereocenters. The van der Waals surface area contributed by atoms with Gasteiger partial charge in [-0.1, -0.05) is 0 Å². The van der Waals surface area contributed by atoms with Crippen molar-refractivity contribution in [2.45, 2.75) is 38.8 Å². The van der Waals surface area contributed by atoms with E-state index in [1.54, 1.807) is 6.92 Å². The maximum Gasteiger partial charge on any atom is 0.328 e. The number of esters is 1. The van der Waals surface area contributed by atoms with Crippen molar-refractivity contribution in [1.29, 1.82) is 0 Å². The number of carbonyl (C=O) groups is 4. The van der Waals surface area contributed by atoms with Gasteiger partial charge in [0.05, 0.1) is 6.61 Å². The lowest BCUT2D eigenvalue weighted by Crippen LogP contribution is -2.50. The van der Waals surface area contributed by atoms with Crippen LogP contribution in [0.15, 0.2) is 0 Å². The molecule has 3 amide bonds. The molecule has 0 aromatic heterocycles. The first kappa shape index (κ1) is 17.7. The molecule has 114 valence electrons. The molecule has 0 aromatic carbocycles. The zero-order valence-corrected chi connectivity index (χ0v) is 11.3. The van der Waals surface area contributed by atoms with E-state index < -0.39 is 36.0 Å². The van der Waals surface area contributed by atoms with Gasteiger partial charge in [-0.15, -0.1) is 0 Å². The van der Waals surface area contributed by atoms with Gasteiger partial charge in [0, 0.05) is 6.42 Å². The van der Waals surface area contributed by atoms with Crippen LogP contribution in [0.4, 0.5) is 4.79 Å². The fourth-order valence-electron chi connectivity index (χ4n) is 1.27. The fourth-order valence-corrected chi connectivity index (χ4v) is 1.27. The smallest absolute Gasteiger partial charge is 0.328 e. The standard InChI is InChI=1S/C11H19N3O6/c1-3-20-10(18)6(2)13-11(19)14-7(9(16)17)4-5-8(12)15/h6-7H,3-5H2,1-2H3,(H2,12,15)(H,16,17)(H2,13,14,19)/t6?,7-/m1/s1. The van der Waals surface area contributed by atoms with Gasteiger partial charge in [-0.05, 0) is 20.3 Å². The number of primary amides is 1. The van der Waals surface area contributed by atoms with Gasteiger partial charge < -0.3 is 26.2 Å². The van der Waals surface area contributed by atoms with Crippen LogP contribution in [-0.4, -0.2) is 47.7 Å². The number of nitrogens with two attached hydrogens (primary N) is 1. The van der Waals surface area contributed by atoms with E-state index in [1.807, 2.05) is 0 Å². The molecular weight excluding hydrogens is 270 g/mol. The monoisotopic (exact) mass is 289 g/mol. The SMILES string of the molecule is CCOC(=O)C(C)NC(=O)N[C@H](CCC(N)=O)C(=O)O. The molecule has 5 N–H and O–H groups in total. The molecular formula is C11H19N3O6. The number of rotatable bonds is 8. The Labute approximate surface area is 115 Å². The van der Waals surface area contributed by atoms with Crippen LogP contribution in [0.2, 0.25) is 0 Å². The Balaban J connectivity index is 4.35. The summed E-state index contributed by atoms with van der Waals surface area (Å²) in [5.41, 5.74) is 4.90. The van der Waals surface area contributed by atoms with Crippen LogP contribution in [0.25, 0.3) is 0 Å². The van der Waals surface area contributed by atoms with Crippen molar-refractivity contribution in [3.63, 3.8) is 0 Å². The molecule has 0 aliphatic rings. The molecule has 0 aliphatic carbocycles. The molecule has 0 fully saturated rings. The summed E-state index contributed by atoms with van der Waals surface area (Å²) in [6.07, 6.45) is -0.309. The third-order valence-corrected chi connectivity index (χ3v) is 2.27. The number of carboxylic acids is 1. The summed E-state index contributed by atoms with van der Waals surface area (Å²) in [5, 5.41) is 13.2. The van der Waals surface area contributed by atoms with E-state index in [4.69, 9.17) is 10.8 Å². The number of hydrogen-bond acceptors (Lipinski definition) is 5. The first-order valence-electron chi connectivity index (χ1n) is 6.02. The number of aliphatic carboxylic acids is 1. The Morgan fingerprint density at radius 3 is 2.30 bits per heavy atom. The Hall–Kier alpha value is -2.32. The van der Waals surface area contributed by atoms with Crippen LogP contribution in [0.3, 0.4) is 0 Å². The van der Waals surface area contributed by atoms with Crippen LogP contribution in [0.1, 0.15) is 26.7 Å². The highest BCUT2D eigenvalue weighted by molar-refractivity contribution is 5.86. The van der Waals surface area contributed by atoms with E-state index >= 15 is 0 Å². The minimum Gasteiger partial charge on any atom is -0.480 e. The molecule has 0 saturated heterocycles. The molecule has 0 radical (unpaired) electrons. The van der Waals surface area contributed by atoms with Crippen molar-refractivity contribution in [1.82, 2.24) is 10.6 Å². The lowest BCUT2D eigenvalue weighted by Gasteiger charge is -2.17. The van der Waals surface area contributed by atoms with Crippen molar-refractivity contribution in [3.05, 3.63) is 0 Å². The van der Waals surface area contributed by atoms with Crippen molar-refractivity contribution in [2.24, 2.45) is 5.73 Å². The van der Waals surface area contributed by atoms with Crippen LogP contribution in [-0.2, 0) is 19.1 Å². The minimum absolute atomic E-state index is 0.133. The number of amides is 3. The number of ether oxygens (including phenoxy) is 1. The maximum absolute atomic E-state index is 11.5. The summed E-state index contributed by atoms with van der Waals surface area (Å²) < 4.78 is 4.68. The van der Waals surface area contributed by atoms with E-state index in [0.717, 1.165) is 0 Å². The molecule has 1 unspecified atom stereocenters. The summed E-state index contributed by atoms with van der Waals surface area (Å²) in [5.74, 6) is -2.60.